The Hall–Kier alpha value is -3.10. The van der Waals surface area contributed by atoms with Gasteiger partial charge >= 0.3 is 23.9 Å². The minimum Gasteiger partial charge on any atom is -0.466 e. The Morgan fingerprint density at radius 1 is 0.650 bits per heavy atom. The maximum atomic E-state index is 12.4. The molecule has 218 valence electrons. The zero-order valence-electron chi connectivity index (χ0n) is 23.3. The SMILES string of the molecule is CCOC(=O)C(COC(=O)CCC(=O)OCC(Cc1ccc(Cl)c(C)c1)C(=O)OCC)Cc1ccc(Cl)c(C)c1. The van der Waals surface area contributed by atoms with Crippen molar-refractivity contribution in [1.29, 1.82) is 0 Å². The monoisotopic (exact) mass is 594 g/mol. The van der Waals surface area contributed by atoms with Crippen LogP contribution in [-0.2, 0) is 51.0 Å². The molecule has 0 radical (unpaired) electrons. The van der Waals surface area contributed by atoms with Crippen LogP contribution in [-0.4, -0.2) is 50.3 Å². The molecule has 0 spiro atoms. The molecule has 0 aromatic heterocycles. The summed E-state index contributed by atoms with van der Waals surface area (Å²) in [7, 11) is 0. The second-order valence-electron chi connectivity index (χ2n) is 9.34. The van der Waals surface area contributed by atoms with Gasteiger partial charge in [-0.3, -0.25) is 19.2 Å². The molecule has 2 rings (SSSR count). The van der Waals surface area contributed by atoms with E-state index in [1.165, 1.54) is 0 Å². The number of rotatable bonds is 15. The van der Waals surface area contributed by atoms with Crippen LogP contribution >= 0.6 is 23.2 Å². The largest absolute Gasteiger partial charge is 0.466 e. The van der Waals surface area contributed by atoms with Gasteiger partial charge in [-0.05, 0) is 74.9 Å². The van der Waals surface area contributed by atoms with Crippen molar-refractivity contribution < 1.29 is 38.1 Å². The summed E-state index contributed by atoms with van der Waals surface area (Å²) in [5.74, 6) is -3.70. The third-order valence-electron chi connectivity index (χ3n) is 6.07. The van der Waals surface area contributed by atoms with Crippen LogP contribution in [0.1, 0.15) is 48.9 Å². The molecular weight excluding hydrogens is 559 g/mol. The van der Waals surface area contributed by atoms with Gasteiger partial charge in [-0.1, -0.05) is 47.5 Å². The molecule has 2 aromatic rings. The zero-order valence-corrected chi connectivity index (χ0v) is 24.8. The van der Waals surface area contributed by atoms with E-state index < -0.39 is 35.7 Å². The molecule has 0 heterocycles. The number of halogens is 2. The maximum absolute atomic E-state index is 12.4. The van der Waals surface area contributed by atoms with Crippen LogP contribution in [0.3, 0.4) is 0 Å². The van der Waals surface area contributed by atoms with Crippen LogP contribution in [0.5, 0.6) is 0 Å². The second kappa shape index (κ2) is 16.9. The quantitative estimate of drug-likeness (QED) is 0.193. The first-order valence-corrected chi connectivity index (χ1v) is 13.9. The summed E-state index contributed by atoms with van der Waals surface area (Å²) < 4.78 is 20.8. The Morgan fingerprint density at radius 2 is 1.02 bits per heavy atom. The molecule has 2 aromatic carbocycles. The smallest absolute Gasteiger partial charge is 0.312 e. The van der Waals surface area contributed by atoms with Gasteiger partial charge in [-0.25, -0.2) is 0 Å². The summed E-state index contributed by atoms with van der Waals surface area (Å²) in [6, 6.07) is 10.8. The van der Waals surface area contributed by atoms with E-state index in [0.717, 1.165) is 22.3 Å². The van der Waals surface area contributed by atoms with E-state index in [4.69, 9.17) is 42.1 Å². The van der Waals surface area contributed by atoms with Crippen LogP contribution < -0.4 is 0 Å². The molecule has 8 nitrogen and oxygen atoms in total. The summed E-state index contributed by atoms with van der Waals surface area (Å²) in [6.07, 6.45) is 0.118. The summed E-state index contributed by atoms with van der Waals surface area (Å²) >= 11 is 12.2. The summed E-state index contributed by atoms with van der Waals surface area (Å²) in [5, 5.41) is 1.23. The summed E-state index contributed by atoms with van der Waals surface area (Å²) in [6.45, 7) is 7.11. The van der Waals surface area contributed by atoms with Crippen molar-refractivity contribution in [1.82, 2.24) is 0 Å². The van der Waals surface area contributed by atoms with Gasteiger partial charge < -0.3 is 18.9 Å². The molecule has 0 amide bonds. The minimum atomic E-state index is -0.710. The molecule has 2 unspecified atom stereocenters. The lowest BCUT2D eigenvalue weighted by atomic mass is 9.99. The lowest BCUT2D eigenvalue weighted by Crippen LogP contribution is -2.27. The van der Waals surface area contributed by atoms with Crippen LogP contribution in [0.25, 0.3) is 0 Å². The molecule has 0 aliphatic heterocycles. The van der Waals surface area contributed by atoms with Crippen molar-refractivity contribution in [2.75, 3.05) is 26.4 Å². The van der Waals surface area contributed by atoms with Gasteiger partial charge in [0, 0.05) is 10.0 Å². The van der Waals surface area contributed by atoms with E-state index >= 15 is 0 Å². The van der Waals surface area contributed by atoms with Crippen LogP contribution in [0.15, 0.2) is 36.4 Å². The van der Waals surface area contributed by atoms with Crippen LogP contribution in [0.4, 0.5) is 0 Å². The standard InChI is InChI=1S/C30H36Cl2O8/c1-5-37-29(35)23(15-21-7-9-25(31)19(3)13-21)17-39-27(33)11-12-28(34)40-18-24(30(36)38-6-2)16-22-8-10-26(32)20(4)14-22/h7-10,13-14,23-24H,5-6,11-12,15-18H2,1-4H3. The Bertz CT molecular complexity index is 1090. The molecule has 0 saturated carbocycles. The van der Waals surface area contributed by atoms with Gasteiger partial charge in [0.05, 0.1) is 37.9 Å². The molecule has 0 fully saturated rings. The molecule has 10 heteroatoms. The number of esters is 4. The normalized spacial score (nSPS) is 12.2. The fourth-order valence-corrected chi connectivity index (χ4v) is 4.15. The molecule has 0 aliphatic rings. The first-order valence-electron chi connectivity index (χ1n) is 13.2. The van der Waals surface area contributed by atoms with Gasteiger partial charge in [0.1, 0.15) is 13.2 Å². The summed E-state index contributed by atoms with van der Waals surface area (Å²) in [4.78, 5) is 49.5. The number of hydrogen-bond acceptors (Lipinski definition) is 8. The number of carbonyl (C=O) groups excluding carboxylic acids is 4. The third kappa shape index (κ3) is 11.2. The van der Waals surface area contributed by atoms with Crippen LogP contribution in [0.2, 0.25) is 10.0 Å². The van der Waals surface area contributed by atoms with E-state index in [0.29, 0.717) is 22.9 Å². The van der Waals surface area contributed by atoms with Crippen molar-refractivity contribution in [3.8, 4) is 0 Å². The van der Waals surface area contributed by atoms with Gasteiger partial charge in [-0.15, -0.1) is 0 Å². The number of hydrogen-bond donors (Lipinski definition) is 0. The molecule has 0 saturated heterocycles. The molecule has 0 N–H and O–H groups in total. The molecular formula is C30H36Cl2O8. The number of aryl methyl sites for hydroxylation is 2. The Balaban J connectivity index is 1.88. The molecule has 40 heavy (non-hydrogen) atoms. The van der Waals surface area contributed by atoms with Crippen molar-refractivity contribution in [3.05, 3.63) is 68.7 Å². The van der Waals surface area contributed by atoms with Crippen molar-refractivity contribution in [3.63, 3.8) is 0 Å². The minimum absolute atomic E-state index is 0.194. The fourth-order valence-electron chi connectivity index (χ4n) is 3.91. The average molecular weight is 596 g/mol. The number of ether oxygens (including phenoxy) is 4. The highest BCUT2D eigenvalue weighted by atomic mass is 35.5. The first-order chi connectivity index (χ1) is 19.0. The lowest BCUT2D eigenvalue weighted by molar-refractivity contribution is -0.159. The highest BCUT2D eigenvalue weighted by Crippen LogP contribution is 2.21. The molecule has 0 bridgehead atoms. The van der Waals surface area contributed by atoms with E-state index in [-0.39, 0.29) is 39.3 Å². The molecule has 2 atom stereocenters. The van der Waals surface area contributed by atoms with E-state index in [1.807, 2.05) is 26.0 Å². The predicted molar refractivity (Wildman–Crippen MR) is 151 cm³/mol. The van der Waals surface area contributed by atoms with Crippen molar-refractivity contribution >= 4 is 47.1 Å². The fraction of sp³-hybridized carbons (Fsp3) is 0.467. The lowest BCUT2D eigenvalue weighted by Gasteiger charge is -2.17. The highest BCUT2D eigenvalue weighted by Gasteiger charge is 2.25. The maximum Gasteiger partial charge on any atom is 0.312 e. The average Bonchev–Trinajstić information content (AvgIpc) is 2.91. The Morgan fingerprint density at radius 3 is 1.35 bits per heavy atom. The molecule has 0 aliphatic carbocycles. The predicted octanol–water partition coefficient (Wildman–Crippen LogP) is 5.62. The second-order valence-corrected chi connectivity index (χ2v) is 10.2. The highest BCUT2D eigenvalue weighted by molar-refractivity contribution is 6.31. The zero-order chi connectivity index (χ0) is 29.7. The van der Waals surface area contributed by atoms with Gasteiger partial charge in [-0.2, -0.15) is 0 Å². The summed E-state index contributed by atoms with van der Waals surface area (Å²) in [5.41, 5.74) is 3.44. The number of carbonyl (C=O) groups is 4. The van der Waals surface area contributed by atoms with Gasteiger partial charge in [0.25, 0.3) is 0 Å². The van der Waals surface area contributed by atoms with Crippen molar-refractivity contribution in [2.24, 2.45) is 11.8 Å². The first kappa shape index (κ1) is 33.1. The van der Waals surface area contributed by atoms with E-state index in [9.17, 15) is 19.2 Å². The van der Waals surface area contributed by atoms with E-state index in [1.54, 1.807) is 38.1 Å². The topological polar surface area (TPSA) is 105 Å². The van der Waals surface area contributed by atoms with Gasteiger partial charge in [0.15, 0.2) is 0 Å². The Kier molecular flexibility index (Phi) is 14.0. The van der Waals surface area contributed by atoms with Gasteiger partial charge in [0.2, 0.25) is 0 Å². The van der Waals surface area contributed by atoms with E-state index in [2.05, 4.69) is 0 Å². The van der Waals surface area contributed by atoms with Crippen molar-refractivity contribution in [2.45, 2.75) is 53.4 Å². The van der Waals surface area contributed by atoms with Crippen LogP contribution in [0, 0.1) is 25.7 Å². The third-order valence-corrected chi connectivity index (χ3v) is 6.92. The number of benzene rings is 2. The Labute approximate surface area is 245 Å².